The topological polar surface area (TPSA) is 76.8 Å². The first-order valence-electron chi connectivity index (χ1n) is 8.94. The van der Waals surface area contributed by atoms with E-state index in [0.717, 1.165) is 44.1 Å². The molecule has 0 saturated carbocycles. The summed E-state index contributed by atoms with van der Waals surface area (Å²) in [6, 6.07) is 12.9. The Bertz CT molecular complexity index is 740. The van der Waals surface area contributed by atoms with Crippen molar-refractivity contribution >= 4 is 23.0 Å². The highest BCUT2D eigenvalue weighted by Crippen LogP contribution is 2.24. The van der Waals surface area contributed by atoms with Gasteiger partial charge in [0.2, 0.25) is 0 Å². The molecular formula is C20H25N3O3. The first-order valence-corrected chi connectivity index (χ1v) is 8.94. The maximum absolute atomic E-state index is 12.4. The van der Waals surface area contributed by atoms with Crippen LogP contribution < -0.4 is 20.7 Å². The smallest absolute Gasteiger partial charge is 0.255 e. The van der Waals surface area contributed by atoms with Gasteiger partial charge in [-0.15, -0.1) is 0 Å². The van der Waals surface area contributed by atoms with E-state index in [1.165, 1.54) is 0 Å². The Morgan fingerprint density at radius 1 is 1.19 bits per heavy atom. The van der Waals surface area contributed by atoms with E-state index in [1.54, 1.807) is 18.2 Å². The molecule has 138 valence electrons. The SMILES string of the molecule is CCCOc1ccc(C(=O)Nc2ccc(N3CCOCC3)cc2)cc1N. The lowest BCUT2D eigenvalue weighted by Crippen LogP contribution is -2.36. The van der Waals surface area contributed by atoms with Crippen LogP contribution in [0.4, 0.5) is 17.1 Å². The van der Waals surface area contributed by atoms with Crippen molar-refractivity contribution in [2.75, 3.05) is 48.9 Å². The molecule has 0 atom stereocenters. The molecule has 0 spiro atoms. The van der Waals surface area contributed by atoms with E-state index in [2.05, 4.69) is 10.2 Å². The quantitative estimate of drug-likeness (QED) is 0.779. The van der Waals surface area contributed by atoms with Gasteiger partial charge in [-0.1, -0.05) is 6.92 Å². The molecular weight excluding hydrogens is 330 g/mol. The fourth-order valence-electron chi connectivity index (χ4n) is 2.81. The van der Waals surface area contributed by atoms with Crippen molar-refractivity contribution in [3.63, 3.8) is 0 Å². The van der Waals surface area contributed by atoms with Gasteiger partial charge in [-0.05, 0) is 48.9 Å². The van der Waals surface area contributed by atoms with Gasteiger partial charge in [0, 0.05) is 30.0 Å². The minimum absolute atomic E-state index is 0.196. The number of nitrogens with two attached hydrogens (primary N) is 1. The van der Waals surface area contributed by atoms with Crippen molar-refractivity contribution in [2.24, 2.45) is 0 Å². The van der Waals surface area contributed by atoms with Gasteiger partial charge < -0.3 is 25.4 Å². The number of rotatable bonds is 6. The molecule has 2 aromatic carbocycles. The maximum Gasteiger partial charge on any atom is 0.255 e. The second-order valence-corrected chi connectivity index (χ2v) is 6.20. The molecule has 0 radical (unpaired) electrons. The summed E-state index contributed by atoms with van der Waals surface area (Å²) in [6.45, 7) is 5.90. The predicted octanol–water partition coefficient (Wildman–Crippen LogP) is 3.15. The van der Waals surface area contributed by atoms with Crippen LogP contribution in [-0.2, 0) is 4.74 Å². The minimum Gasteiger partial charge on any atom is -0.491 e. The number of nitrogens with one attached hydrogen (secondary N) is 1. The van der Waals surface area contributed by atoms with Gasteiger partial charge in [-0.2, -0.15) is 0 Å². The van der Waals surface area contributed by atoms with Crippen molar-refractivity contribution < 1.29 is 14.3 Å². The molecule has 26 heavy (non-hydrogen) atoms. The van der Waals surface area contributed by atoms with Crippen LogP contribution in [0.3, 0.4) is 0 Å². The second kappa shape index (κ2) is 8.58. The number of carbonyl (C=O) groups is 1. The summed E-state index contributed by atoms with van der Waals surface area (Å²) < 4.78 is 10.9. The molecule has 1 saturated heterocycles. The maximum atomic E-state index is 12.4. The largest absolute Gasteiger partial charge is 0.491 e. The van der Waals surface area contributed by atoms with Crippen LogP contribution in [0.1, 0.15) is 23.7 Å². The number of carbonyl (C=O) groups excluding carboxylic acids is 1. The lowest BCUT2D eigenvalue weighted by molar-refractivity contribution is 0.102. The number of benzene rings is 2. The average Bonchev–Trinajstić information content (AvgIpc) is 2.68. The molecule has 3 N–H and O–H groups in total. The van der Waals surface area contributed by atoms with E-state index in [1.807, 2.05) is 31.2 Å². The monoisotopic (exact) mass is 355 g/mol. The third kappa shape index (κ3) is 4.46. The number of nitrogens with zero attached hydrogens (tertiary/aromatic N) is 1. The highest BCUT2D eigenvalue weighted by Gasteiger charge is 2.12. The standard InChI is InChI=1S/C20H25N3O3/c1-2-11-26-19-8-3-15(14-18(19)21)20(24)22-16-4-6-17(7-5-16)23-9-12-25-13-10-23/h3-8,14H,2,9-13,21H2,1H3,(H,22,24). The lowest BCUT2D eigenvalue weighted by Gasteiger charge is -2.28. The summed E-state index contributed by atoms with van der Waals surface area (Å²) in [7, 11) is 0. The molecule has 1 aliphatic heterocycles. The summed E-state index contributed by atoms with van der Waals surface area (Å²) in [5, 5.41) is 2.90. The van der Waals surface area contributed by atoms with E-state index in [4.69, 9.17) is 15.2 Å². The Morgan fingerprint density at radius 3 is 2.58 bits per heavy atom. The molecule has 1 heterocycles. The summed E-state index contributed by atoms with van der Waals surface area (Å²) in [5.41, 5.74) is 8.82. The van der Waals surface area contributed by atoms with Gasteiger partial charge in [-0.25, -0.2) is 0 Å². The number of ether oxygens (including phenoxy) is 2. The number of anilines is 3. The van der Waals surface area contributed by atoms with Crippen molar-refractivity contribution in [1.82, 2.24) is 0 Å². The Morgan fingerprint density at radius 2 is 1.92 bits per heavy atom. The molecule has 0 unspecified atom stereocenters. The van der Waals surface area contributed by atoms with Crippen molar-refractivity contribution in [2.45, 2.75) is 13.3 Å². The van der Waals surface area contributed by atoms with Crippen LogP contribution in [-0.4, -0.2) is 38.8 Å². The van der Waals surface area contributed by atoms with E-state index in [0.29, 0.717) is 23.6 Å². The predicted molar refractivity (Wildman–Crippen MR) is 104 cm³/mol. The highest BCUT2D eigenvalue weighted by molar-refractivity contribution is 6.05. The van der Waals surface area contributed by atoms with Gasteiger partial charge in [-0.3, -0.25) is 4.79 Å². The fourth-order valence-corrected chi connectivity index (χ4v) is 2.81. The van der Waals surface area contributed by atoms with Crippen molar-refractivity contribution in [1.29, 1.82) is 0 Å². The molecule has 0 aromatic heterocycles. The number of nitrogen functional groups attached to an aromatic ring is 1. The average molecular weight is 355 g/mol. The van der Waals surface area contributed by atoms with Gasteiger partial charge in [0.25, 0.3) is 5.91 Å². The number of morpholine rings is 1. The van der Waals surface area contributed by atoms with Crippen LogP contribution in [0.5, 0.6) is 5.75 Å². The molecule has 0 aliphatic carbocycles. The van der Waals surface area contributed by atoms with Gasteiger partial charge in [0.15, 0.2) is 0 Å². The van der Waals surface area contributed by atoms with Gasteiger partial charge >= 0.3 is 0 Å². The van der Waals surface area contributed by atoms with E-state index < -0.39 is 0 Å². The molecule has 6 nitrogen and oxygen atoms in total. The second-order valence-electron chi connectivity index (χ2n) is 6.20. The van der Waals surface area contributed by atoms with Gasteiger partial charge in [0.1, 0.15) is 5.75 Å². The molecule has 0 bridgehead atoms. The minimum atomic E-state index is -0.196. The third-order valence-electron chi connectivity index (χ3n) is 4.24. The molecule has 1 amide bonds. The Kier molecular flexibility index (Phi) is 5.96. The van der Waals surface area contributed by atoms with Crippen LogP contribution in [0, 0.1) is 0 Å². The first-order chi connectivity index (χ1) is 12.7. The Labute approximate surface area is 153 Å². The van der Waals surface area contributed by atoms with Crippen LogP contribution in [0.15, 0.2) is 42.5 Å². The molecule has 1 fully saturated rings. The third-order valence-corrected chi connectivity index (χ3v) is 4.24. The summed E-state index contributed by atoms with van der Waals surface area (Å²) in [5.74, 6) is 0.413. The Balaban J connectivity index is 1.63. The fraction of sp³-hybridized carbons (Fsp3) is 0.350. The van der Waals surface area contributed by atoms with E-state index in [-0.39, 0.29) is 5.91 Å². The Hall–Kier alpha value is -2.73. The zero-order chi connectivity index (χ0) is 18.4. The summed E-state index contributed by atoms with van der Waals surface area (Å²) in [6.07, 6.45) is 0.905. The lowest BCUT2D eigenvalue weighted by atomic mass is 10.1. The molecule has 1 aliphatic rings. The van der Waals surface area contributed by atoms with E-state index >= 15 is 0 Å². The zero-order valence-corrected chi connectivity index (χ0v) is 15.0. The molecule has 6 heteroatoms. The van der Waals surface area contributed by atoms with Crippen molar-refractivity contribution in [3.8, 4) is 5.75 Å². The summed E-state index contributed by atoms with van der Waals surface area (Å²) >= 11 is 0. The van der Waals surface area contributed by atoms with Crippen molar-refractivity contribution in [3.05, 3.63) is 48.0 Å². The van der Waals surface area contributed by atoms with E-state index in [9.17, 15) is 4.79 Å². The number of hydrogen-bond acceptors (Lipinski definition) is 5. The van der Waals surface area contributed by atoms with Gasteiger partial charge in [0.05, 0.1) is 25.5 Å². The molecule has 2 aromatic rings. The number of hydrogen-bond donors (Lipinski definition) is 2. The molecule has 3 rings (SSSR count). The normalized spacial score (nSPS) is 14.1. The van der Waals surface area contributed by atoms with Crippen LogP contribution in [0.25, 0.3) is 0 Å². The zero-order valence-electron chi connectivity index (χ0n) is 15.0. The van der Waals surface area contributed by atoms with Crippen LogP contribution in [0.2, 0.25) is 0 Å². The van der Waals surface area contributed by atoms with Crippen LogP contribution >= 0.6 is 0 Å². The number of amides is 1. The first kappa shape index (κ1) is 18.1. The highest BCUT2D eigenvalue weighted by atomic mass is 16.5. The summed E-state index contributed by atoms with van der Waals surface area (Å²) in [4.78, 5) is 14.7.